The Morgan fingerprint density at radius 2 is 2.00 bits per heavy atom. The summed E-state index contributed by atoms with van der Waals surface area (Å²) in [4.78, 5) is 13.6. The van der Waals surface area contributed by atoms with E-state index in [1.807, 2.05) is 4.90 Å². The summed E-state index contributed by atoms with van der Waals surface area (Å²) in [7, 11) is 0. The van der Waals surface area contributed by atoms with Crippen molar-refractivity contribution >= 4 is 17.7 Å². The zero-order chi connectivity index (χ0) is 10.2. The van der Waals surface area contributed by atoms with Gasteiger partial charge in [0.2, 0.25) is 5.91 Å². The molecule has 1 atom stereocenters. The van der Waals surface area contributed by atoms with Crippen LogP contribution in [0.25, 0.3) is 0 Å². The monoisotopic (exact) mass is 201 g/mol. The third-order valence-electron chi connectivity index (χ3n) is 2.20. The van der Waals surface area contributed by atoms with E-state index in [-0.39, 0.29) is 5.41 Å². The Bertz CT molecular complexity index is 207. The first-order valence-corrected chi connectivity index (χ1v) is 5.81. The maximum atomic E-state index is 11.6. The Morgan fingerprint density at radius 3 is 2.31 bits per heavy atom. The summed E-state index contributed by atoms with van der Waals surface area (Å²) in [6.45, 7) is 10.8. The number of amides is 1. The van der Waals surface area contributed by atoms with Gasteiger partial charge in [0.05, 0.1) is 11.1 Å². The summed E-state index contributed by atoms with van der Waals surface area (Å²) in [5.41, 5.74) is 0.182. The van der Waals surface area contributed by atoms with E-state index in [9.17, 15) is 4.79 Å². The molecule has 1 amide bonds. The highest BCUT2D eigenvalue weighted by molar-refractivity contribution is 8.01. The second-order valence-corrected chi connectivity index (χ2v) is 5.99. The summed E-state index contributed by atoms with van der Waals surface area (Å²) < 4.78 is 0. The maximum Gasteiger partial charge on any atom is 0.233 e. The van der Waals surface area contributed by atoms with E-state index in [2.05, 4.69) is 34.6 Å². The first-order valence-electron chi connectivity index (χ1n) is 4.77. The average molecular weight is 201 g/mol. The fourth-order valence-corrected chi connectivity index (χ4v) is 3.13. The Hall–Kier alpha value is -0.180. The van der Waals surface area contributed by atoms with Crippen LogP contribution in [0.5, 0.6) is 0 Å². The number of hydrogen-bond acceptors (Lipinski definition) is 2. The molecule has 1 rings (SSSR count). The van der Waals surface area contributed by atoms with Crippen molar-refractivity contribution in [3.05, 3.63) is 0 Å². The number of rotatable bonds is 1. The highest BCUT2D eigenvalue weighted by Crippen LogP contribution is 2.38. The van der Waals surface area contributed by atoms with Gasteiger partial charge in [0, 0.05) is 6.04 Å². The van der Waals surface area contributed by atoms with Gasteiger partial charge in [-0.2, -0.15) is 0 Å². The number of carbonyl (C=O) groups is 1. The fraction of sp³-hybridized carbons (Fsp3) is 0.900. The predicted octanol–water partition coefficient (Wildman–Crippen LogP) is 2.34. The SMILES string of the molecule is CC(C)N1C(=O)CSC1C(C)(C)C. The predicted molar refractivity (Wildman–Crippen MR) is 57.7 cm³/mol. The van der Waals surface area contributed by atoms with Crippen LogP contribution in [-0.2, 0) is 4.79 Å². The molecule has 0 aromatic carbocycles. The summed E-state index contributed by atoms with van der Waals surface area (Å²) in [6, 6.07) is 0.326. The summed E-state index contributed by atoms with van der Waals surface area (Å²) in [6.07, 6.45) is 0. The van der Waals surface area contributed by atoms with Crippen LogP contribution in [0.15, 0.2) is 0 Å². The molecule has 0 aliphatic carbocycles. The van der Waals surface area contributed by atoms with Gasteiger partial charge in [-0.3, -0.25) is 4.79 Å². The standard InChI is InChI=1S/C10H19NOS/c1-7(2)11-8(12)6-13-9(11)10(3,4)5/h7,9H,6H2,1-5H3. The van der Waals surface area contributed by atoms with Crippen LogP contribution in [-0.4, -0.2) is 28.0 Å². The van der Waals surface area contributed by atoms with Gasteiger partial charge in [-0.05, 0) is 19.3 Å². The van der Waals surface area contributed by atoms with E-state index in [4.69, 9.17) is 0 Å². The largest absolute Gasteiger partial charge is 0.327 e. The van der Waals surface area contributed by atoms with Crippen LogP contribution in [0.2, 0.25) is 0 Å². The van der Waals surface area contributed by atoms with Gasteiger partial charge in [0.15, 0.2) is 0 Å². The second kappa shape index (κ2) is 3.52. The number of hydrogen-bond donors (Lipinski definition) is 0. The Labute approximate surface area is 85.1 Å². The topological polar surface area (TPSA) is 20.3 Å². The fourth-order valence-electron chi connectivity index (χ4n) is 1.66. The third-order valence-corrected chi connectivity index (χ3v) is 3.87. The van der Waals surface area contributed by atoms with E-state index in [0.717, 1.165) is 0 Å². The van der Waals surface area contributed by atoms with E-state index < -0.39 is 0 Å². The molecule has 0 saturated carbocycles. The summed E-state index contributed by atoms with van der Waals surface area (Å²) in [5, 5.41) is 0.347. The first-order chi connectivity index (χ1) is 5.84. The molecule has 1 fully saturated rings. The average Bonchev–Trinajstić information content (AvgIpc) is 2.28. The van der Waals surface area contributed by atoms with Crippen molar-refractivity contribution in [2.24, 2.45) is 5.41 Å². The lowest BCUT2D eigenvalue weighted by molar-refractivity contribution is -0.131. The van der Waals surface area contributed by atoms with Crippen molar-refractivity contribution < 1.29 is 4.79 Å². The van der Waals surface area contributed by atoms with Crippen molar-refractivity contribution in [3.8, 4) is 0 Å². The highest BCUT2D eigenvalue weighted by atomic mass is 32.2. The molecule has 1 saturated heterocycles. The molecule has 2 nitrogen and oxygen atoms in total. The molecule has 1 heterocycles. The number of nitrogens with zero attached hydrogens (tertiary/aromatic N) is 1. The minimum Gasteiger partial charge on any atom is -0.327 e. The lowest BCUT2D eigenvalue weighted by Gasteiger charge is -2.36. The van der Waals surface area contributed by atoms with E-state index in [1.165, 1.54) is 0 Å². The van der Waals surface area contributed by atoms with Crippen LogP contribution in [0.1, 0.15) is 34.6 Å². The minimum absolute atomic E-state index is 0.182. The van der Waals surface area contributed by atoms with Gasteiger partial charge in [0.25, 0.3) is 0 Å². The maximum absolute atomic E-state index is 11.6. The Morgan fingerprint density at radius 1 is 1.46 bits per heavy atom. The van der Waals surface area contributed by atoms with Gasteiger partial charge in [-0.25, -0.2) is 0 Å². The van der Waals surface area contributed by atoms with Crippen LogP contribution in [0.3, 0.4) is 0 Å². The quantitative estimate of drug-likeness (QED) is 0.649. The number of carbonyl (C=O) groups excluding carboxylic acids is 1. The minimum atomic E-state index is 0.182. The molecule has 76 valence electrons. The lowest BCUT2D eigenvalue weighted by atomic mass is 9.95. The van der Waals surface area contributed by atoms with Crippen LogP contribution >= 0.6 is 11.8 Å². The molecule has 0 aromatic rings. The summed E-state index contributed by atoms with van der Waals surface area (Å²) >= 11 is 1.77. The molecular formula is C10H19NOS. The first kappa shape index (κ1) is 10.9. The van der Waals surface area contributed by atoms with Gasteiger partial charge >= 0.3 is 0 Å². The van der Waals surface area contributed by atoms with Crippen molar-refractivity contribution in [2.45, 2.75) is 46.0 Å². The molecule has 1 aliphatic rings. The molecule has 1 aliphatic heterocycles. The van der Waals surface area contributed by atoms with E-state index >= 15 is 0 Å². The van der Waals surface area contributed by atoms with Crippen molar-refractivity contribution in [1.29, 1.82) is 0 Å². The number of thioether (sulfide) groups is 1. The van der Waals surface area contributed by atoms with Crippen molar-refractivity contribution in [3.63, 3.8) is 0 Å². The van der Waals surface area contributed by atoms with Gasteiger partial charge in [-0.15, -0.1) is 11.8 Å². The molecular weight excluding hydrogens is 182 g/mol. The summed E-state index contributed by atoms with van der Waals surface area (Å²) in [5.74, 6) is 0.944. The molecule has 3 heteroatoms. The zero-order valence-electron chi connectivity index (χ0n) is 9.13. The van der Waals surface area contributed by atoms with Crippen molar-refractivity contribution in [2.75, 3.05) is 5.75 Å². The molecule has 0 N–H and O–H groups in total. The second-order valence-electron chi connectivity index (χ2n) is 4.92. The normalized spacial score (nSPS) is 24.6. The van der Waals surface area contributed by atoms with E-state index in [1.54, 1.807) is 11.8 Å². The smallest absolute Gasteiger partial charge is 0.233 e. The van der Waals surface area contributed by atoms with Crippen LogP contribution < -0.4 is 0 Å². The lowest BCUT2D eigenvalue weighted by Crippen LogP contribution is -2.44. The highest BCUT2D eigenvalue weighted by Gasteiger charge is 2.40. The molecule has 13 heavy (non-hydrogen) atoms. The molecule has 0 aromatic heterocycles. The third kappa shape index (κ3) is 2.19. The van der Waals surface area contributed by atoms with Crippen LogP contribution in [0, 0.1) is 5.41 Å². The van der Waals surface area contributed by atoms with E-state index in [0.29, 0.717) is 23.1 Å². The van der Waals surface area contributed by atoms with Crippen molar-refractivity contribution in [1.82, 2.24) is 4.90 Å². The van der Waals surface area contributed by atoms with Gasteiger partial charge < -0.3 is 4.90 Å². The molecule has 0 spiro atoms. The van der Waals surface area contributed by atoms with Crippen LogP contribution in [0.4, 0.5) is 0 Å². The van der Waals surface area contributed by atoms with Gasteiger partial charge in [0.1, 0.15) is 0 Å². The Balaban J connectivity index is 2.82. The van der Waals surface area contributed by atoms with Gasteiger partial charge in [-0.1, -0.05) is 20.8 Å². The Kier molecular flexibility index (Phi) is 2.95. The molecule has 1 unspecified atom stereocenters. The molecule has 0 bridgehead atoms. The zero-order valence-corrected chi connectivity index (χ0v) is 9.94. The molecule has 0 radical (unpaired) electrons.